The van der Waals surface area contributed by atoms with Gasteiger partial charge in [-0.2, -0.15) is 0 Å². The van der Waals surface area contributed by atoms with E-state index in [1.54, 1.807) is 31.3 Å². The summed E-state index contributed by atoms with van der Waals surface area (Å²) in [7, 11) is 0. The molecule has 1 heterocycles. The lowest BCUT2D eigenvalue weighted by molar-refractivity contribution is -0.117. The highest BCUT2D eigenvalue weighted by Crippen LogP contribution is 2.25. The first-order chi connectivity index (χ1) is 8.59. The molecule has 0 radical (unpaired) electrons. The Hall–Kier alpha value is -2.36. The van der Waals surface area contributed by atoms with E-state index in [1.165, 1.54) is 0 Å². The molecule has 1 aromatic heterocycles. The van der Waals surface area contributed by atoms with Crippen LogP contribution in [0, 0.1) is 0 Å². The number of carbonyl (C=O) groups excluding carboxylic acids is 1. The van der Waals surface area contributed by atoms with E-state index < -0.39 is 0 Å². The first-order valence-corrected chi connectivity index (χ1v) is 5.59. The lowest BCUT2D eigenvalue weighted by Crippen LogP contribution is -2.23. The van der Waals surface area contributed by atoms with E-state index in [4.69, 9.17) is 0 Å². The fourth-order valence-corrected chi connectivity index (χ4v) is 1.70. The van der Waals surface area contributed by atoms with Gasteiger partial charge in [0, 0.05) is 23.7 Å². The number of pyridine rings is 1. The van der Waals surface area contributed by atoms with Crippen molar-refractivity contribution in [1.29, 1.82) is 0 Å². The predicted octanol–water partition coefficient (Wildman–Crippen LogP) is 2.13. The minimum atomic E-state index is -0.180. The monoisotopic (exact) mass is 242 g/mol. The molecule has 92 valence electrons. The van der Waals surface area contributed by atoms with Gasteiger partial charge in [0.1, 0.15) is 11.3 Å². The van der Waals surface area contributed by atoms with Crippen molar-refractivity contribution >= 4 is 16.8 Å². The van der Waals surface area contributed by atoms with E-state index in [1.807, 2.05) is 6.07 Å². The molecule has 2 N–H and O–H groups in total. The second-order valence-electron chi connectivity index (χ2n) is 4.11. The molecule has 0 aliphatic carbocycles. The van der Waals surface area contributed by atoms with Crippen LogP contribution in [0.1, 0.15) is 12.5 Å². The largest absolute Gasteiger partial charge is 0.506 e. The Morgan fingerprint density at radius 1 is 1.44 bits per heavy atom. The normalized spacial score (nSPS) is 10.3. The first-order valence-electron chi connectivity index (χ1n) is 5.59. The van der Waals surface area contributed by atoms with Crippen LogP contribution in [0.3, 0.4) is 0 Å². The van der Waals surface area contributed by atoms with Gasteiger partial charge in [-0.05, 0) is 24.6 Å². The van der Waals surface area contributed by atoms with Crippen LogP contribution in [-0.2, 0) is 11.3 Å². The van der Waals surface area contributed by atoms with Crippen molar-refractivity contribution in [3.63, 3.8) is 0 Å². The van der Waals surface area contributed by atoms with Crippen LogP contribution in [0.15, 0.2) is 42.6 Å². The lowest BCUT2D eigenvalue weighted by Gasteiger charge is -2.08. The number of aromatic hydroxyl groups is 1. The van der Waals surface area contributed by atoms with Crippen LogP contribution in [0.4, 0.5) is 0 Å². The van der Waals surface area contributed by atoms with Crippen LogP contribution in [0.2, 0.25) is 0 Å². The highest BCUT2D eigenvalue weighted by atomic mass is 16.3. The molecule has 0 saturated carbocycles. The molecule has 0 spiro atoms. The number of hydrogen-bond donors (Lipinski definition) is 2. The molecule has 1 aromatic carbocycles. The molecule has 0 unspecified atom stereocenters. The number of phenolic OH excluding ortho intramolecular Hbond substituents is 1. The Balaban J connectivity index is 2.32. The van der Waals surface area contributed by atoms with Crippen molar-refractivity contribution in [2.75, 3.05) is 0 Å². The van der Waals surface area contributed by atoms with Gasteiger partial charge in [0.15, 0.2) is 0 Å². The molecule has 0 saturated heterocycles. The van der Waals surface area contributed by atoms with E-state index in [2.05, 4.69) is 16.9 Å². The standard InChI is InChI=1S/C14H14N2O2/c1-9(2)14(18)16-8-10-5-6-12(17)13-11(10)4-3-7-15-13/h3-7,17H,1,8H2,2H3,(H,16,18). The zero-order valence-corrected chi connectivity index (χ0v) is 10.1. The summed E-state index contributed by atoms with van der Waals surface area (Å²) in [5, 5.41) is 13.3. The fourth-order valence-electron chi connectivity index (χ4n) is 1.70. The fraction of sp³-hybridized carbons (Fsp3) is 0.143. The van der Waals surface area contributed by atoms with Crippen LogP contribution in [0.5, 0.6) is 5.75 Å². The molecule has 4 nitrogen and oxygen atoms in total. The predicted molar refractivity (Wildman–Crippen MR) is 70.1 cm³/mol. The Kier molecular flexibility index (Phi) is 3.28. The highest BCUT2D eigenvalue weighted by Gasteiger charge is 2.07. The number of rotatable bonds is 3. The van der Waals surface area contributed by atoms with Gasteiger partial charge < -0.3 is 10.4 Å². The summed E-state index contributed by atoms with van der Waals surface area (Å²) in [4.78, 5) is 15.6. The van der Waals surface area contributed by atoms with Gasteiger partial charge in [-0.25, -0.2) is 0 Å². The van der Waals surface area contributed by atoms with Crippen molar-refractivity contribution in [2.24, 2.45) is 0 Å². The number of aromatic nitrogens is 1. The second-order valence-corrected chi connectivity index (χ2v) is 4.11. The number of phenols is 1. The van der Waals surface area contributed by atoms with Crippen LogP contribution >= 0.6 is 0 Å². The topological polar surface area (TPSA) is 62.2 Å². The van der Waals surface area contributed by atoms with Gasteiger partial charge in [0.25, 0.3) is 0 Å². The number of nitrogens with zero attached hydrogens (tertiary/aromatic N) is 1. The highest BCUT2D eigenvalue weighted by molar-refractivity contribution is 5.92. The maximum absolute atomic E-state index is 11.4. The SMILES string of the molecule is C=C(C)C(=O)NCc1ccc(O)c2ncccc12. The summed E-state index contributed by atoms with van der Waals surface area (Å²) in [6.45, 7) is 5.62. The lowest BCUT2D eigenvalue weighted by atomic mass is 10.1. The number of nitrogens with one attached hydrogen (secondary N) is 1. The smallest absolute Gasteiger partial charge is 0.246 e. The number of hydrogen-bond acceptors (Lipinski definition) is 3. The Morgan fingerprint density at radius 2 is 2.22 bits per heavy atom. The summed E-state index contributed by atoms with van der Waals surface area (Å²) in [5.41, 5.74) is 1.92. The van der Waals surface area contributed by atoms with Crippen molar-refractivity contribution in [3.8, 4) is 5.75 Å². The van der Waals surface area contributed by atoms with E-state index >= 15 is 0 Å². The average Bonchev–Trinajstić information content (AvgIpc) is 2.38. The van der Waals surface area contributed by atoms with Crippen LogP contribution in [0.25, 0.3) is 10.9 Å². The van der Waals surface area contributed by atoms with Crippen molar-refractivity contribution in [1.82, 2.24) is 10.3 Å². The van der Waals surface area contributed by atoms with E-state index in [-0.39, 0.29) is 11.7 Å². The van der Waals surface area contributed by atoms with Crippen LogP contribution < -0.4 is 5.32 Å². The number of amides is 1. The molecule has 4 heteroatoms. The van der Waals surface area contributed by atoms with Crippen LogP contribution in [-0.4, -0.2) is 16.0 Å². The third-order valence-electron chi connectivity index (χ3n) is 2.67. The third-order valence-corrected chi connectivity index (χ3v) is 2.67. The summed E-state index contributed by atoms with van der Waals surface area (Å²) in [6.07, 6.45) is 1.62. The molecule has 0 aliphatic heterocycles. The van der Waals surface area contributed by atoms with Crippen molar-refractivity contribution < 1.29 is 9.90 Å². The summed E-state index contributed by atoms with van der Waals surface area (Å²) >= 11 is 0. The molecule has 18 heavy (non-hydrogen) atoms. The van der Waals surface area contributed by atoms with E-state index in [9.17, 15) is 9.90 Å². The summed E-state index contributed by atoms with van der Waals surface area (Å²) < 4.78 is 0. The summed E-state index contributed by atoms with van der Waals surface area (Å²) in [6, 6.07) is 7.02. The minimum Gasteiger partial charge on any atom is -0.506 e. The Bertz CT molecular complexity index is 620. The zero-order chi connectivity index (χ0) is 13.1. The Morgan fingerprint density at radius 3 is 2.94 bits per heavy atom. The van der Waals surface area contributed by atoms with Crippen molar-refractivity contribution in [2.45, 2.75) is 13.5 Å². The molecule has 2 aromatic rings. The molecule has 0 bridgehead atoms. The van der Waals surface area contributed by atoms with E-state index in [0.717, 1.165) is 10.9 Å². The molecule has 1 amide bonds. The molecule has 0 atom stereocenters. The third kappa shape index (κ3) is 2.32. The number of fused-ring (bicyclic) bond motifs is 1. The number of carbonyl (C=O) groups is 1. The second kappa shape index (κ2) is 4.87. The van der Waals surface area contributed by atoms with E-state index in [0.29, 0.717) is 17.6 Å². The maximum atomic E-state index is 11.4. The van der Waals surface area contributed by atoms with Crippen molar-refractivity contribution in [3.05, 3.63) is 48.2 Å². The minimum absolute atomic E-state index is 0.139. The Labute approximate surface area is 105 Å². The van der Waals surface area contributed by atoms with Gasteiger partial charge in [0.05, 0.1) is 0 Å². The first kappa shape index (κ1) is 12.1. The zero-order valence-electron chi connectivity index (χ0n) is 10.1. The molecule has 2 rings (SSSR count). The maximum Gasteiger partial charge on any atom is 0.246 e. The molecule has 0 fully saturated rings. The van der Waals surface area contributed by atoms with Gasteiger partial charge in [0.2, 0.25) is 5.91 Å². The van der Waals surface area contributed by atoms with Gasteiger partial charge >= 0.3 is 0 Å². The molecular formula is C14H14N2O2. The quantitative estimate of drug-likeness (QED) is 0.810. The molecule has 0 aliphatic rings. The number of benzene rings is 1. The average molecular weight is 242 g/mol. The van der Waals surface area contributed by atoms with Gasteiger partial charge in [-0.3, -0.25) is 9.78 Å². The molecular weight excluding hydrogens is 228 g/mol. The van der Waals surface area contributed by atoms with Gasteiger partial charge in [-0.1, -0.05) is 18.7 Å². The summed E-state index contributed by atoms with van der Waals surface area (Å²) in [5.74, 6) is -0.0410. The van der Waals surface area contributed by atoms with Gasteiger partial charge in [-0.15, -0.1) is 0 Å².